The van der Waals surface area contributed by atoms with Crippen molar-refractivity contribution in [3.8, 4) is 0 Å². The molecule has 0 aromatic heterocycles. The summed E-state index contributed by atoms with van der Waals surface area (Å²) in [5.41, 5.74) is 5.59. The van der Waals surface area contributed by atoms with E-state index in [2.05, 4.69) is 31.1 Å². The van der Waals surface area contributed by atoms with Gasteiger partial charge in [-0.1, -0.05) is 20.8 Å². The molecule has 0 radical (unpaired) electrons. The molecular formula is C11H25N3O. The maximum atomic E-state index is 9.34. The molecule has 15 heavy (non-hydrogen) atoms. The van der Waals surface area contributed by atoms with Crippen LogP contribution in [0.15, 0.2) is 4.99 Å². The molecule has 0 saturated carbocycles. The first-order valence-corrected chi connectivity index (χ1v) is 5.78. The molecule has 0 aromatic carbocycles. The van der Waals surface area contributed by atoms with Gasteiger partial charge in [0, 0.05) is 12.0 Å². The van der Waals surface area contributed by atoms with Gasteiger partial charge < -0.3 is 16.2 Å². The number of aliphatic hydroxyl groups is 1. The van der Waals surface area contributed by atoms with Crippen LogP contribution in [-0.2, 0) is 0 Å². The molecule has 0 amide bonds. The highest BCUT2D eigenvalue weighted by Crippen LogP contribution is 2.25. The van der Waals surface area contributed by atoms with Crippen LogP contribution in [0.4, 0.5) is 0 Å². The summed E-state index contributed by atoms with van der Waals surface area (Å²) in [6.45, 7) is 7.84. The lowest BCUT2D eigenvalue weighted by Crippen LogP contribution is -2.35. The maximum absolute atomic E-state index is 9.34. The third-order valence-corrected chi connectivity index (χ3v) is 2.98. The summed E-state index contributed by atoms with van der Waals surface area (Å²) in [7, 11) is 0. The Morgan fingerprint density at radius 2 is 1.93 bits per heavy atom. The van der Waals surface area contributed by atoms with Gasteiger partial charge in [0.05, 0.1) is 13.2 Å². The van der Waals surface area contributed by atoms with Crippen molar-refractivity contribution in [2.75, 3.05) is 19.7 Å². The van der Waals surface area contributed by atoms with E-state index < -0.39 is 0 Å². The maximum Gasteiger partial charge on any atom is 0.188 e. The molecule has 0 saturated heterocycles. The highest BCUT2D eigenvalue weighted by atomic mass is 16.3. The number of aliphatic hydroxyl groups excluding tert-OH is 1. The fourth-order valence-corrected chi connectivity index (χ4v) is 1.31. The SMILES string of the molecule is CCCNC(N)=NCC(CC)(CC)CO. The predicted molar refractivity (Wildman–Crippen MR) is 64.9 cm³/mol. The zero-order valence-corrected chi connectivity index (χ0v) is 10.2. The molecule has 0 aliphatic rings. The number of nitrogens with one attached hydrogen (secondary N) is 1. The molecule has 0 bridgehead atoms. The molecule has 0 aliphatic heterocycles. The summed E-state index contributed by atoms with van der Waals surface area (Å²) in [4.78, 5) is 4.27. The monoisotopic (exact) mass is 215 g/mol. The smallest absolute Gasteiger partial charge is 0.188 e. The highest BCUT2D eigenvalue weighted by molar-refractivity contribution is 5.77. The molecule has 0 rings (SSSR count). The van der Waals surface area contributed by atoms with E-state index in [9.17, 15) is 5.11 Å². The van der Waals surface area contributed by atoms with Crippen molar-refractivity contribution in [3.05, 3.63) is 0 Å². The minimum Gasteiger partial charge on any atom is -0.396 e. The van der Waals surface area contributed by atoms with Gasteiger partial charge in [-0.25, -0.2) is 0 Å². The number of hydrogen-bond acceptors (Lipinski definition) is 2. The Morgan fingerprint density at radius 1 is 1.33 bits per heavy atom. The number of nitrogens with two attached hydrogens (primary N) is 1. The molecule has 0 aromatic rings. The first-order chi connectivity index (χ1) is 7.14. The predicted octanol–water partition coefficient (Wildman–Crippen LogP) is 1.10. The summed E-state index contributed by atoms with van der Waals surface area (Å²) in [5, 5.41) is 12.4. The second-order valence-corrected chi connectivity index (χ2v) is 3.99. The van der Waals surface area contributed by atoms with Crippen LogP contribution < -0.4 is 11.1 Å². The zero-order chi connectivity index (χ0) is 11.7. The molecular weight excluding hydrogens is 190 g/mol. The lowest BCUT2D eigenvalue weighted by Gasteiger charge is -2.27. The third-order valence-electron chi connectivity index (χ3n) is 2.98. The molecule has 0 fully saturated rings. The molecule has 90 valence electrons. The standard InChI is InChI=1S/C11H25N3O/c1-4-7-13-10(12)14-8-11(5-2,6-3)9-15/h15H,4-9H2,1-3H3,(H3,12,13,14). The second-order valence-electron chi connectivity index (χ2n) is 3.99. The van der Waals surface area contributed by atoms with E-state index in [1.807, 2.05) is 0 Å². The minimum absolute atomic E-state index is 0.0987. The Balaban J connectivity index is 4.18. The van der Waals surface area contributed by atoms with Crippen molar-refractivity contribution < 1.29 is 5.11 Å². The Morgan fingerprint density at radius 3 is 2.33 bits per heavy atom. The lowest BCUT2D eigenvalue weighted by molar-refractivity contribution is 0.123. The van der Waals surface area contributed by atoms with E-state index in [1.54, 1.807) is 0 Å². The average molecular weight is 215 g/mol. The summed E-state index contributed by atoms with van der Waals surface area (Å²) in [6.07, 6.45) is 2.87. The number of guanidine groups is 1. The summed E-state index contributed by atoms with van der Waals surface area (Å²) >= 11 is 0. The fourth-order valence-electron chi connectivity index (χ4n) is 1.31. The molecule has 0 unspecified atom stereocenters. The summed E-state index contributed by atoms with van der Waals surface area (Å²) in [6, 6.07) is 0. The van der Waals surface area contributed by atoms with Gasteiger partial charge in [0.15, 0.2) is 5.96 Å². The van der Waals surface area contributed by atoms with Crippen molar-refractivity contribution >= 4 is 5.96 Å². The van der Waals surface area contributed by atoms with Gasteiger partial charge in [-0.05, 0) is 19.3 Å². The van der Waals surface area contributed by atoms with Gasteiger partial charge in [-0.3, -0.25) is 4.99 Å². The van der Waals surface area contributed by atoms with E-state index in [4.69, 9.17) is 5.73 Å². The van der Waals surface area contributed by atoms with E-state index in [0.29, 0.717) is 12.5 Å². The van der Waals surface area contributed by atoms with Crippen molar-refractivity contribution in [1.29, 1.82) is 0 Å². The van der Waals surface area contributed by atoms with Gasteiger partial charge in [-0.15, -0.1) is 0 Å². The lowest BCUT2D eigenvalue weighted by atomic mass is 9.83. The van der Waals surface area contributed by atoms with Gasteiger partial charge in [0.1, 0.15) is 0 Å². The number of aliphatic imine (C=N–C) groups is 1. The van der Waals surface area contributed by atoms with Crippen LogP contribution >= 0.6 is 0 Å². The fraction of sp³-hybridized carbons (Fsp3) is 0.909. The van der Waals surface area contributed by atoms with Gasteiger partial charge in [0.25, 0.3) is 0 Å². The van der Waals surface area contributed by atoms with Crippen molar-refractivity contribution in [2.24, 2.45) is 16.1 Å². The van der Waals surface area contributed by atoms with Gasteiger partial charge >= 0.3 is 0 Å². The third kappa shape index (κ3) is 5.02. The van der Waals surface area contributed by atoms with E-state index >= 15 is 0 Å². The molecule has 4 nitrogen and oxygen atoms in total. The topological polar surface area (TPSA) is 70.6 Å². The number of rotatable bonds is 7. The normalized spacial score (nSPS) is 12.9. The van der Waals surface area contributed by atoms with Gasteiger partial charge in [0.2, 0.25) is 0 Å². The zero-order valence-electron chi connectivity index (χ0n) is 10.2. The van der Waals surface area contributed by atoms with Gasteiger partial charge in [-0.2, -0.15) is 0 Å². The largest absolute Gasteiger partial charge is 0.396 e. The Hall–Kier alpha value is -0.770. The molecule has 4 N–H and O–H groups in total. The number of hydrogen-bond donors (Lipinski definition) is 3. The van der Waals surface area contributed by atoms with Crippen LogP contribution in [-0.4, -0.2) is 30.8 Å². The Kier molecular flexibility index (Phi) is 7.13. The summed E-state index contributed by atoms with van der Waals surface area (Å²) in [5.74, 6) is 0.483. The van der Waals surface area contributed by atoms with Crippen LogP contribution in [0.1, 0.15) is 40.0 Å². The second kappa shape index (κ2) is 7.51. The van der Waals surface area contributed by atoms with Crippen molar-refractivity contribution in [2.45, 2.75) is 40.0 Å². The van der Waals surface area contributed by atoms with Crippen LogP contribution in [0.2, 0.25) is 0 Å². The minimum atomic E-state index is -0.0987. The molecule has 0 heterocycles. The molecule has 4 heteroatoms. The average Bonchev–Trinajstić information content (AvgIpc) is 2.29. The van der Waals surface area contributed by atoms with Crippen LogP contribution in [0.25, 0.3) is 0 Å². The van der Waals surface area contributed by atoms with E-state index in [1.165, 1.54) is 0 Å². The first-order valence-electron chi connectivity index (χ1n) is 5.78. The van der Waals surface area contributed by atoms with Crippen LogP contribution in [0, 0.1) is 5.41 Å². The van der Waals surface area contributed by atoms with E-state index in [-0.39, 0.29) is 12.0 Å². The van der Waals surface area contributed by atoms with Crippen LogP contribution in [0.5, 0.6) is 0 Å². The van der Waals surface area contributed by atoms with Crippen molar-refractivity contribution in [3.63, 3.8) is 0 Å². The first kappa shape index (κ1) is 14.2. The molecule has 0 aliphatic carbocycles. The Bertz CT molecular complexity index is 180. The Labute approximate surface area is 93.0 Å². The highest BCUT2D eigenvalue weighted by Gasteiger charge is 2.24. The molecule has 0 spiro atoms. The molecule has 0 atom stereocenters. The summed E-state index contributed by atoms with van der Waals surface area (Å²) < 4.78 is 0. The van der Waals surface area contributed by atoms with E-state index in [0.717, 1.165) is 25.8 Å². The van der Waals surface area contributed by atoms with Crippen molar-refractivity contribution in [1.82, 2.24) is 5.32 Å². The van der Waals surface area contributed by atoms with Crippen LogP contribution in [0.3, 0.4) is 0 Å². The number of nitrogens with zero attached hydrogens (tertiary/aromatic N) is 1. The quantitative estimate of drug-likeness (QED) is 0.440.